The lowest BCUT2D eigenvalue weighted by molar-refractivity contribution is 0.205. The summed E-state index contributed by atoms with van der Waals surface area (Å²) in [6.45, 7) is 9.58. The fraction of sp³-hybridized carbons (Fsp3) is 0.769. The Morgan fingerprint density at radius 1 is 1.14 bits per heavy atom. The Morgan fingerprint density at radius 2 is 1.89 bits per heavy atom. The van der Waals surface area contributed by atoms with E-state index in [2.05, 4.69) is 38.6 Å². The molecule has 2 atom stereocenters. The number of H-pyrrole nitrogens is 1. The van der Waals surface area contributed by atoms with Gasteiger partial charge in [-0.15, -0.1) is 0 Å². The molecule has 2 aromatic heterocycles. The molecule has 2 heterocycles. The van der Waals surface area contributed by atoms with Crippen molar-refractivity contribution >= 4 is 26.9 Å². The second kappa shape index (κ2) is 10.7. The Kier molecular flexibility index (Phi) is 8.08. The molecule has 0 aromatic carbocycles. The Labute approximate surface area is 211 Å². The summed E-state index contributed by atoms with van der Waals surface area (Å²) in [4.78, 5) is 16.7. The molecule has 2 unspecified atom stereocenters. The standard InChI is InChI=1S/C26H44N6O2S/c1-6-15-31(25-23-11-14-27-24(23)28-19-29-25)18-26(12-13-26)20(2)21(3)35(33,34)32(22-9-7-10-22)17-8-16-30(4)5/h11,14,19-22H,6-10,12-13,15-18H2,1-5H3,(H,27,28,29). The highest BCUT2D eigenvalue weighted by atomic mass is 32.2. The topological polar surface area (TPSA) is 85.4 Å². The van der Waals surface area contributed by atoms with E-state index in [9.17, 15) is 8.42 Å². The maximum Gasteiger partial charge on any atom is 0.217 e. The van der Waals surface area contributed by atoms with Crippen LogP contribution in [0, 0.1) is 11.3 Å². The van der Waals surface area contributed by atoms with Crippen molar-refractivity contribution in [3.8, 4) is 0 Å². The van der Waals surface area contributed by atoms with E-state index in [-0.39, 0.29) is 17.4 Å². The number of aromatic amines is 1. The minimum Gasteiger partial charge on any atom is -0.355 e. The van der Waals surface area contributed by atoms with E-state index in [4.69, 9.17) is 0 Å². The fourth-order valence-corrected chi connectivity index (χ4v) is 7.88. The molecular weight excluding hydrogens is 460 g/mol. The predicted octanol–water partition coefficient (Wildman–Crippen LogP) is 4.12. The molecule has 196 valence electrons. The van der Waals surface area contributed by atoms with Crippen molar-refractivity contribution in [1.82, 2.24) is 24.2 Å². The maximum atomic E-state index is 14.0. The Morgan fingerprint density at radius 3 is 2.49 bits per heavy atom. The van der Waals surface area contributed by atoms with Crippen molar-refractivity contribution in [1.29, 1.82) is 0 Å². The number of nitrogens with zero attached hydrogens (tertiary/aromatic N) is 5. The first-order valence-electron chi connectivity index (χ1n) is 13.4. The number of aromatic nitrogens is 3. The summed E-state index contributed by atoms with van der Waals surface area (Å²) in [6.07, 6.45) is 10.7. The van der Waals surface area contributed by atoms with Crippen LogP contribution in [0.2, 0.25) is 0 Å². The first-order valence-corrected chi connectivity index (χ1v) is 14.9. The smallest absolute Gasteiger partial charge is 0.217 e. The number of hydrogen-bond acceptors (Lipinski definition) is 6. The summed E-state index contributed by atoms with van der Waals surface area (Å²) in [5.74, 6) is 1.03. The number of anilines is 1. The van der Waals surface area contributed by atoms with E-state index in [1.165, 1.54) is 0 Å². The number of fused-ring (bicyclic) bond motifs is 1. The van der Waals surface area contributed by atoms with Crippen LogP contribution in [0.1, 0.15) is 65.7 Å². The van der Waals surface area contributed by atoms with Crippen LogP contribution in [-0.4, -0.2) is 84.1 Å². The molecule has 0 saturated heterocycles. The molecule has 0 radical (unpaired) electrons. The third-order valence-corrected chi connectivity index (χ3v) is 10.9. The second-order valence-electron chi connectivity index (χ2n) is 11.1. The van der Waals surface area contributed by atoms with Crippen LogP contribution in [0.4, 0.5) is 5.82 Å². The molecule has 0 spiro atoms. The first kappa shape index (κ1) is 26.4. The van der Waals surface area contributed by atoms with Gasteiger partial charge in [-0.3, -0.25) is 0 Å². The molecule has 2 fully saturated rings. The Hall–Kier alpha value is -1.71. The molecule has 35 heavy (non-hydrogen) atoms. The summed E-state index contributed by atoms with van der Waals surface area (Å²) in [7, 11) is 0.718. The molecule has 0 amide bonds. The summed E-state index contributed by atoms with van der Waals surface area (Å²) < 4.78 is 29.8. The summed E-state index contributed by atoms with van der Waals surface area (Å²) in [5.41, 5.74) is 0.850. The molecule has 1 N–H and O–H groups in total. The van der Waals surface area contributed by atoms with Crippen LogP contribution < -0.4 is 4.90 Å². The average molecular weight is 505 g/mol. The molecule has 2 saturated carbocycles. The highest BCUT2D eigenvalue weighted by Crippen LogP contribution is 2.55. The Balaban J connectivity index is 1.52. The van der Waals surface area contributed by atoms with Crippen molar-refractivity contribution in [2.45, 2.75) is 77.0 Å². The Bertz CT molecular complexity index is 1080. The van der Waals surface area contributed by atoms with Gasteiger partial charge in [-0.25, -0.2) is 18.4 Å². The van der Waals surface area contributed by atoms with E-state index < -0.39 is 15.3 Å². The van der Waals surface area contributed by atoms with Gasteiger partial charge in [0.25, 0.3) is 0 Å². The molecule has 8 nitrogen and oxygen atoms in total. The van der Waals surface area contributed by atoms with Gasteiger partial charge in [-0.2, -0.15) is 4.31 Å². The van der Waals surface area contributed by atoms with Gasteiger partial charge in [0.1, 0.15) is 17.8 Å². The third kappa shape index (κ3) is 5.52. The van der Waals surface area contributed by atoms with Crippen LogP contribution in [0.5, 0.6) is 0 Å². The molecular formula is C26H44N6O2S. The molecule has 2 aromatic rings. The quantitative estimate of drug-likeness (QED) is 0.417. The minimum atomic E-state index is -3.37. The van der Waals surface area contributed by atoms with Crippen LogP contribution >= 0.6 is 0 Å². The number of sulfonamides is 1. The lowest BCUT2D eigenvalue weighted by Gasteiger charge is -2.41. The highest BCUT2D eigenvalue weighted by Gasteiger charge is 2.53. The van der Waals surface area contributed by atoms with E-state index in [0.29, 0.717) is 6.54 Å². The highest BCUT2D eigenvalue weighted by molar-refractivity contribution is 7.89. The van der Waals surface area contributed by atoms with Gasteiger partial charge in [-0.05, 0) is 83.5 Å². The minimum absolute atomic E-state index is 0.00412. The van der Waals surface area contributed by atoms with Gasteiger partial charge in [0.2, 0.25) is 10.0 Å². The summed E-state index contributed by atoms with van der Waals surface area (Å²) in [5, 5.41) is 0.633. The lowest BCUT2D eigenvalue weighted by atomic mass is 9.87. The van der Waals surface area contributed by atoms with Gasteiger partial charge in [0, 0.05) is 31.9 Å². The third-order valence-electron chi connectivity index (χ3n) is 8.46. The monoisotopic (exact) mass is 504 g/mol. The summed E-state index contributed by atoms with van der Waals surface area (Å²) in [6, 6.07) is 2.22. The van der Waals surface area contributed by atoms with Gasteiger partial charge < -0.3 is 14.8 Å². The van der Waals surface area contributed by atoms with Crippen LogP contribution in [0.3, 0.4) is 0 Å². The lowest BCUT2D eigenvalue weighted by Crippen LogP contribution is -2.51. The number of rotatable bonds is 14. The zero-order valence-electron chi connectivity index (χ0n) is 22.2. The van der Waals surface area contributed by atoms with Crippen molar-refractivity contribution < 1.29 is 8.42 Å². The van der Waals surface area contributed by atoms with Crippen molar-refractivity contribution in [2.24, 2.45) is 11.3 Å². The van der Waals surface area contributed by atoms with Gasteiger partial charge >= 0.3 is 0 Å². The fourth-order valence-electron chi connectivity index (χ4n) is 5.64. The number of nitrogens with one attached hydrogen (secondary N) is 1. The van der Waals surface area contributed by atoms with E-state index in [1.807, 2.05) is 37.6 Å². The zero-order chi connectivity index (χ0) is 25.2. The van der Waals surface area contributed by atoms with Gasteiger partial charge in [0.05, 0.1) is 10.6 Å². The van der Waals surface area contributed by atoms with Crippen LogP contribution in [0.15, 0.2) is 18.6 Å². The van der Waals surface area contributed by atoms with Crippen molar-refractivity contribution in [3.63, 3.8) is 0 Å². The predicted molar refractivity (Wildman–Crippen MR) is 143 cm³/mol. The molecule has 0 bridgehead atoms. The molecule has 2 aliphatic carbocycles. The van der Waals surface area contributed by atoms with Gasteiger partial charge in [0.15, 0.2) is 0 Å². The molecule has 9 heteroatoms. The molecule has 2 aliphatic rings. The largest absolute Gasteiger partial charge is 0.355 e. The summed E-state index contributed by atoms with van der Waals surface area (Å²) >= 11 is 0. The van der Waals surface area contributed by atoms with E-state index in [1.54, 1.807) is 6.33 Å². The first-order chi connectivity index (χ1) is 16.7. The van der Waals surface area contributed by atoms with Gasteiger partial charge in [-0.1, -0.05) is 20.3 Å². The second-order valence-corrected chi connectivity index (χ2v) is 13.4. The van der Waals surface area contributed by atoms with Crippen molar-refractivity contribution in [3.05, 3.63) is 18.6 Å². The van der Waals surface area contributed by atoms with E-state index in [0.717, 1.165) is 81.4 Å². The van der Waals surface area contributed by atoms with Crippen LogP contribution in [-0.2, 0) is 10.0 Å². The maximum absolute atomic E-state index is 14.0. The molecule has 0 aliphatic heterocycles. The SMILES string of the molecule is CCCN(CC1(C(C)C(C)S(=O)(=O)N(CCCN(C)C)C2CCC2)CC1)c1ncnc2[nH]ccc12. The van der Waals surface area contributed by atoms with Crippen molar-refractivity contribution in [2.75, 3.05) is 45.2 Å². The normalized spacial score (nSPS) is 19.7. The average Bonchev–Trinajstić information content (AvgIpc) is 3.40. The zero-order valence-corrected chi connectivity index (χ0v) is 23.0. The van der Waals surface area contributed by atoms with E-state index >= 15 is 0 Å². The molecule has 4 rings (SSSR count). The number of hydrogen-bond donors (Lipinski definition) is 1. The van der Waals surface area contributed by atoms with Crippen LogP contribution in [0.25, 0.3) is 11.0 Å².